The number of fused-ring (bicyclic) bond motifs is 1. The molecule has 2 aromatic rings. The van der Waals surface area contributed by atoms with Gasteiger partial charge in [0.2, 0.25) is 5.28 Å². The van der Waals surface area contributed by atoms with Crippen LogP contribution in [0.25, 0.3) is 11.0 Å². The second kappa shape index (κ2) is 3.12. The molecule has 2 heterocycles. The van der Waals surface area contributed by atoms with Gasteiger partial charge in [-0.15, -0.1) is 0 Å². The Balaban J connectivity index is 2.94. The minimum atomic E-state index is 0.145. The van der Waals surface area contributed by atoms with Gasteiger partial charge in [-0.3, -0.25) is 0 Å². The molecule has 6 heteroatoms. The molecule has 0 amide bonds. The number of H-pyrrole nitrogens is 1. The van der Waals surface area contributed by atoms with E-state index >= 15 is 0 Å². The number of aryl methyl sites for hydroxylation is 1. The van der Waals surface area contributed by atoms with Gasteiger partial charge >= 0.3 is 0 Å². The summed E-state index contributed by atoms with van der Waals surface area (Å²) < 4.78 is 0.879. The molecule has 0 saturated carbocycles. The van der Waals surface area contributed by atoms with Crippen LogP contribution in [0.1, 0.15) is 5.69 Å². The van der Waals surface area contributed by atoms with Crippen LogP contribution in [-0.2, 0) is 0 Å². The minimum absolute atomic E-state index is 0.145. The first-order valence-electron chi connectivity index (χ1n) is 3.46. The van der Waals surface area contributed by atoms with E-state index in [2.05, 4.69) is 30.9 Å². The van der Waals surface area contributed by atoms with E-state index in [0.29, 0.717) is 10.8 Å². The van der Waals surface area contributed by atoms with Crippen molar-refractivity contribution in [1.82, 2.24) is 15.0 Å². The van der Waals surface area contributed by atoms with Crippen molar-refractivity contribution < 1.29 is 0 Å². The Hall–Kier alpha value is -0.320. The molecule has 0 fully saturated rings. The Morgan fingerprint density at radius 2 is 2.00 bits per heavy atom. The molecule has 68 valence electrons. The number of rotatable bonds is 0. The van der Waals surface area contributed by atoms with Gasteiger partial charge in [-0.2, -0.15) is 4.98 Å². The molecule has 0 atom stereocenters. The summed E-state index contributed by atoms with van der Waals surface area (Å²) in [6.45, 7) is 1.91. The van der Waals surface area contributed by atoms with E-state index in [4.69, 9.17) is 23.2 Å². The Bertz CT molecular complexity index is 480. The van der Waals surface area contributed by atoms with Crippen LogP contribution in [0.2, 0.25) is 10.4 Å². The quantitative estimate of drug-likeness (QED) is 0.594. The zero-order valence-corrected chi connectivity index (χ0v) is 9.63. The highest BCUT2D eigenvalue weighted by Gasteiger charge is 2.12. The van der Waals surface area contributed by atoms with E-state index in [9.17, 15) is 0 Å². The highest BCUT2D eigenvalue weighted by Crippen LogP contribution is 2.31. The molecule has 2 rings (SSSR count). The second-order valence-electron chi connectivity index (χ2n) is 2.57. The predicted octanol–water partition coefficient (Wildman–Crippen LogP) is 3.34. The molecule has 0 aliphatic carbocycles. The second-order valence-corrected chi connectivity index (χ2v) is 4.06. The third-order valence-corrected chi connectivity index (χ3v) is 3.13. The van der Waals surface area contributed by atoms with Gasteiger partial charge in [0.05, 0.1) is 9.86 Å². The van der Waals surface area contributed by atoms with E-state index in [1.807, 2.05) is 6.92 Å². The van der Waals surface area contributed by atoms with E-state index in [1.54, 1.807) is 0 Å². The Morgan fingerprint density at radius 1 is 1.31 bits per heavy atom. The molecule has 1 N–H and O–H groups in total. The lowest BCUT2D eigenvalue weighted by Gasteiger charge is -1.93. The van der Waals surface area contributed by atoms with Crippen LogP contribution in [0.5, 0.6) is 0 Å². The fourth-order valence-electron chi connectivity index (χ4n) is 1.11. The summed E-state index contributed by atoms with van der Waals surface area (Å²) >= 11 is 14.9. The first-order valence-corrected chi connectivity index (χ1v) is 5.01. The number of hydrogen-bond acceptors (Lipinski definition) is 2. The van der Waals surface area contributed by atoms with Crippen molar-refractivity contribution in [3.63, 3.8) is 0 Å². The largest absolute Gasteiger partial charge is 0.342 e. The number of aromatic amines is 1. The van der Waals surface area contributed by atoms with Crippen molar-refractivity contribution in [2.45, 2.75) is 6.92 Å². The van der Waals surface area contributed by atoms with Gasteiger partial charge in [0.25, 0.3) is 0 Å². The van der Waals surface area contributed by atoms with Gasteiger partial charge in [0.1, 0.15) is 10.8 Å². The number of nitrogens with zero attached hydrogens (tertiary/aromatic N) is 2. The molecule has 0 aromatic carbocycles. The molecule has 3 nitrogen and oxygen atoms in total. The third kappa shape index (κ3) is 1.43. The average molecular weight is 281 g/mol. The molecule has 0 unspecified atom stereocenters. The lowest BCUT2D eigenvalue weighted by atomic mass is 10.4. The number of hydrogen-bond donors (Lipinski definition) is 1. The standard InChI is InChI=1S/C7H4BrCl2N3/c1-2-4(8)3-5(9)12-7(10)13-6(3)11-2/h1H3,(H,11,12,13). The third-order valence-electron chi connectivity index (χ3n) is 1.69. The topological polar surface area (TPSA) is 41.6 Å². The van der Waals surface area contributed by atoms with Crippen molar-refractivity contribution in [2.24, 2.45) is 0 Å². The van der Waals surface area contributed by atoms with Gasteiger partial charge in [0.15, 0.2) is 0 Å². The van der Waals surface area contributed by atoms with Gasteiger partial charge in [-0.1, -0.05) is 11.6 Å². The van der Waals surface area contributed by atoms with Crippen molar-refractivity contribution in [3.05, 3.63) is 20.6 Å². The van der Waals surface area contributed by atoms with Gasteiger partial charge in [-0.25, -0.2) is 4.98 Å². The Labute approximate surface area is 92.6 Å². The SMILES string of the molecule is Cc1[nH]c2nc(Cl)nc(Cl)c2c1Br. The Kier molecular flexibility index (Phi) is 2.21. The molecule has 0 spiro atoms. The van der Waals surface area contributed by atoms with Crippen LogP contribution in [0.3, 0.4) is 0 Å². The van der Waals surface area contributed by atoms with E-state index in [0.717, 1.165) is 15.6 Å². The zero-order valence-electron chi connectivity index (χ0n) is 6.53. The molecular formula is C7H4BrCl2N3. The number of halogens is 3. The molecule has 13 heavy (non-hydrogen) atoms. The lowest BCUT2D eigenvalue weighted by molar-refractivity contribution is 1.18. The maximum Gasteiger partial charge on any atom is 0.225 e. The van der Waals surface area contributed by atoms with E-state index < -0.39 is 0 Å². The monoisotopic (exact) mass is 279 g/mol. The molecule has 0 aliphatic rings. The number of nitrogens with one attached hydrogen (secondary N) is 1. The molecule has 0 aliphatic heterocycles. The maximum absolute atomic E-state index is 5.90. The number of aromatic nitrogens is 3. The van der Waals surface area contributed by atoms with Crippen molar-refractivity contribution in [1.29, 1.82) is 0 Å². The molecule has 0 bridgehead atoms. The summed E-state index contributed by atoms with van der Waals surface area (Å²) in [6, 6.07) is 0. The normalized spacial score (nSPS) is 11.1. The summed E-state index contributed by atoms with van der Waals surface area (Å²) in [5, 5.41) is 1.26. The summed E-state index contributed by atoms with van der Waals surface area (Å²) in [4.78, 5) is 10.9. The summed E-state index contributed by atoms with van der Waals surface area (Å²) in [6.07, 6.45) is 0. The lowest BCUT2D eigenvalue weighted by Crippen LogP contribution is -1.84. The van der Waals surface area contributed by atoms with Crippen molar-refractivity contribution >= 4 is 50.2 Å². The first-order chi connectivity index (χ1) is 6.09. The van der Waals surface area contributed by atoms with E-state index in [1.165, 1.54) is 0 Å². The van der Waals surface area contributed by atoms with Crippen LogP contribution >= 0.6 is 39.1 Å². The summed E-state index contributed by atoms with van der Waals surface area (Å²) in [5.41, 5.74) is 1.60. The van der Waals surface area contributed by atoms with Crippen LogP contribution in [0.15, 0.2) is 4.47 Å². The van der Waals surface area contributed by atoms with Crippen molar-refractivity contribution in [2.75, 3.05) is 0 Å². The highest BCUT2D eigenvalue weighted by molar-refractivity contribution is 9.10. The minimum Gasteiger partial charge on any atom is -0.342 e. The van der Waals surface area contributed by atoms with Crippen LogP contribution in [0, 0.1) is 6.92 Å². The molecular weight excluding hydrogens is 277 g/mol. The fraction of sp³-hybridized carbons (Fsp3) is 0.143. The van der Waals surface area contributed by atoms with Crippen LogP contribution in [0.4, 0.5) is 0 Å². The van der Waals surface area contributed by atoms with Crippen LogP contribution < -0.4 is 0 Å². The molecule has 2 aromatic heterocycles. The Morgan fingerprint density at radius 3 is 2.69 bits per heavy atom. The fourth-order valence-corrected chi connectivity index (χ4v) is 2.18. The van der Waals surface area contributed by atoms with Crippen molar-refractivity contribution in [3.8, 4) is 0 Å². The van der Waals surface area contributed by atoms with Crippen LogP contribution in [-0.4, -0.2) is 15.0 Å². The zero-order chi connectivity index (χ0) is 9.59. The summed E-state index contributed by atoms with van der Waals surface area (Å²) in [5.74, 6) is 0. The smallest absolute Gasteiger partial charge is 0.225 e. The molecule has 0 saturated heterocycles. The first kappa shape index (κ1) is 9.24. The summed E-state index contributed by atoms with van der Waals surface area (Å²) in [7, 11) is 0. The predicted molar refractivity (Wildman–Crippen MR) is 56.3 cm³/mol. The maximum atomic E-state index is 5.90. The van der Waals surface area contributed by atoms with Gasteiger partial charge in [-0.05, 0) is 34.5 Å². The van der Waals surface area contributed by atoms with Gasteiger partial charge in [0, 0.05) is 5.69 Å². The highest BCUT2D eigenvalue weighted by atomic mass is 79.9. The van der Waals surface area contributed by atoms with E-state index in [-0.39, 0.29) is 5.28 Å². The average Bonchev–Trinajstić information content (AvgIpc) is 2.27. The van der Waals surface area contributed by atoms with Gasteiger partial charge < -0.3 is 4.98 Å². The molecule has 0 radical (unpaired) electrons.